The Kier molecular flexibility index (Phi) is 4.03. The Morgan fingerprint density at radius 3 is 2.85 bits per heavy atom. The van der Waals surface area contributed by atoms with Crippen LogP contribution >= 0.6 is 11.6 Å². The molecule has 5 nitrogen and oxygen atoms in total. The molecule has 0 aliphatic carbocycles. The molecule has 2 rings (SSSR count). The van der Waals surface area contributed by atoms with Crippen LogP contribution in [0.2, 0.25) is 0 Å². The summed E-state index contributed by atoms with van der Waals surface area (Å²) in [6.07, 6.45) is -0.658. The van der Waals surface area contributed by atoms with E-state index in [1.54, 1.807) is 6.08 Å². The molecule has 1 aliphatic rings. The first-order valence-corrected chi connectivity index (χ1v) is 5.80. The van der Waals surface area contributed by atoms with Crippen LogP contribution in [0.15, 0.2) is 27.3 Å². The molecule has 0 spiro atoms. The Morgan fingerprint density at radius 1 is 1.45 bits per heavy atom. The van der Waals surface area contributed by atoms with E-state index in [2.05, 4.69) is 15.0 Å². The van der Waals surface area contributed by atoms with Crippen LogP contribution < -0.4 is 0 Å². The van der Waals surface area contributed by atoms with Gasteiger partial charge in [0.15, 0.2) is 17.8 Å². The summed E-state index contributed by atoms with van der Waals surface area (Å²) in [6, 6.07) is 0. The molecule has 1 aromatic rings. The molecule has 0 bridgehead atoms. The molecular weight excluding hydrogens is 297 g/mol. The molecule has 0 N–H and O–H groups in total. The molecule has 0 saturated carbocycles. The van der Waals surface area contributed by atoms with Crippen molar-refractivity contribution in [2.24, 2.45) is 9.98 Å². The zero-order valence-electron chi connectivity index (χ0n) is 9.93. The Balaban J connectivity index is 2.26. The van der Waals surface area contributed by atoms with Gasteiger partial charge in [0.2, 0.25) is 0 Å². The van der Waals surface area contributed by atoms with E-state index in [1.807, 2.05) is 0 Å². The number of amidine groups is 1. The van der Waals surface area contributed by atoms with Crippen LogP contribution in [0, 0.1) is 0 Å². The summed E-state index contributed by atoms with van der Waals surface area (Å²) in [6.45, 7) is 0.178. The average Bonchev–Trinajstić information content (AvgIpc) is 2.67. The van der Waals surface area contributed by atoms with Gasteiger partial charge in [0, 0.05) is 12.4 Å². The summed E-state index contributed by atoms with van der Waals surface area (Å²) >= 11 is 5.73. The van der Waals surface area contributed by atoms with Crippen molar-refractivity contribution in [3.8, 4) is 0 Å². The van der Waals surface area contributed by atoms with Gasteiger partial charge in [-0.15, -0.1) is 0 Å². The van der Waals surface area contributed by atoms with Gasteiger partial charge in [0.1, 0.15) is 5.84 Å². The molecule has 0 amide bonds. The largest absolute Gasteiger partial charge is 0.434 e. The smallest absolute Gasteiger partial charge is 0.320 e. The number of hydrogen-bond acceptors (Lipinski definition) is 4. The molecule has 20 heavy (non-hydrogen) atoms. The molecule has 0 aromatic carbocycles. The lowest BCUT2D eigenvalue weighted by molar-refractivity contribution is -0.141. The van der Waals surface area contributed by atoms with Crippen molar-refractivity contribution in [2.75, 3.05) is 6.54 Å². The molecule has 1 aliphatic heterocycles. The van der Waals surface area contributed by atoms with Crippen molar-refractivity contribution in [1.82, 2.24) is 9.55 Å². The van der Waals surface area contributed by atoms with Gasteiger partial charge in [0.25, 0.3) is 0 Å². The number of aliphatic imine (C=N–C) groups is 2. The van der Waals surface area contributed by atoms with Gasteiger partial charge in [-0.05, 0) is 6.08 Å². The van der Waals surface area contributed by atoms with E-state index in [-0.39, 0.29) is 31.0 Å². The summed E-state index contributed by atoms with van der Waals surface area (Å²) < 4.78 is 38.7. The van der Waals surface area contributed by atoms with Crippen LogP contribution in [0.3, 0.4) is 0 Å². The zero-order valence-corrected chi connectivity index (χ0v) is 10.7. The summed E-state index contributed by atoms with van der Waals surface area (Å²) in [5, 5.41) is 0.390. The number of rotatable bonds is 3. The van der Waals surface area contributed by atoms with Gasteiger partial charge < -0.3 is 4.57 Å². The number of allylic oxidation sites excluding steroid dienone is 1. The molecule has 0 fully saturated rings. The van der Waals surface area contributed by atoms with Crippen molar-refractivity contribution >= 4 is 29.9 Å². The Labute approximate surface area is 116 Å². The molecule has 0 atom stereocenters. The fraction of sp³-hybridized carbons (Fsp3) is 0.273. The number of aromatic nitrogens is 2. The van der Waals surface area contributed by atoms with Crippen molar-refractivity contribution in [2.45, 2.75) is 12.7 Å². The Bertz CT molecular complexity index is 616. The monoisotopic (exact) mass is 304 g/mol. The van der Waals surface area contributed by atoms with Gasteiger partial charge in [0.05, 0.1) is 18.1 Å². The highest BCUT2D eigenvalue weighted by atomic mass is 35.5. The normalized spacial score (nSPS) is 15.6. The Hall–Kier alpha value is -1.96. The molecule has 0 unspecified atom stereocenters. The van der Waals surface area contributed by atoms with Crippen LogP contribution in [-0.2, 0) is 12.7 Å². The maximum atomic E-state index is 12.5. The van der Waals surface area contributed by atoms with E-state index in [1.165, 1.54) is 6.21 Å². The molecule has 9 heteroatoms. The fourth-order valence-corrected chi connectivity index (χ4v) is 1.62. The molecule has 2 heterocycles. The average molecular weight is 305 g/mol. The predicted molar refractivity (Wildman–Crippen MR) is 67.3 cm³/mol. The van der Waals surface area contributed by atoms with Gasteiger partial charge in [-0.2, -0.15) is 13.2 Å². The number of hydrogen-bond donors (Lipinski definition) is 0. The van der Waals surface area contributed by atoms with Crippen LogP contribution in [0.5, 0.6) is 0 Å². The third kappa shape index (κ3) is 3.32. The highest BCUT2D eigenvalue weighted by molar-refractivity contribution is 6.39. The number of aldehydes is 1. The van der Waals surface area contributed by atoms with E-state index in [4.69, 9.17) is 11.6 Å². The summed E-state index contributed by atoms with van der Waals surface area (Å²) in [5.41, 5.74) is -1.13. The number of nitrogens with zero attached hydrogens (tertiary/aromatic N) is 4. The predicted octanol–water partition coefficient (Wildman–Crippen LogP) is 2.32. The summed E-state index contributed by atoms with van der Waals surface area (Å²) in [4.78, 5) is 21.9. The number of carbonyl (C=O) groups excluding carboxylic acids is 1. The quantitative estimate of drug-likeness (QED) is 0.805. The summed E-state index contributed by atoms with van der Waals surface area (Å²) in [7, 11) is 0. The first-order valence-electron chi connectivity index (χ1n) is 5.43. The highest BCUT2D eigenvalue weighted by Gasteiger charge is 2.34. The minimum Gasteiger partial charge on any atom is -0.320 e. The second-order valence-corrected chi connectivity index (χ2v) is 4.27. The standard InChI is InChI=1S/C11H8ClF3N4O/c12-7-1-2-16-9(17-3-7)5-19-4-8(11(13,14)15)18-10(19)6-20/h1,3-4,6H,2,5H2. The topological polar surface area (TPSA) is 59.6 Å². The van der Waals surface area contributed by atoms with Gasteiger partial charge in [-0.1, -0.05) is 11.6 Å². The van der Waals surface area contributed by atoms with Gasteiger partial charge >= 0.3 is 6.18 Å². The van der Waals surface area contributed by atoms with Crippen LogP contribution in [0.1, 0.15) is 16.3 Å². The Morgan fingerprint density at radius 2 is 2.20 bits per heavy atom. The van der Waals surface area contributed by atoms with Crippen molar-refractivity contribution in [3.63, 3.8) is 0 Å². The first-order chi connectivity index (χ1) is 9.40. The van der Waals surface area contributed by atoms with Gasteiger partial charge in [-0.3, -0.25) is 9.79 Å². The third-order valence-electron chi connectivity index (χ3n) is 2.41. The van der Waals surface area contributed by atoms with E-state index in [0.29, 0.717) is 5.03 Å². The van der Waals surface area contributed by atoms with E-state index in [0.717, 1.165) is 10.8 Å². The number of carbonyl (C=O) groups is 1. The van der Waals surface area contributed by atoms with Crippen molar-refractivity contribution in [1.29, 1.82) is 0 Å². The molecule has 106 valence electrons. The molecule has 0 saturated heterocycles. The van der Waals surface area contributed by atoms with Gasteiger partial charge in [-0.25, -0.2) is 9.98 Å². The SMILES string of the molecule is O=Cc1nc(C(F)(F)F)cn1CC1=NCC=C(Cl)C=N1. The van der Waals surface area contributed by atoms with Crippen LogP contribution in [-0.4, -0.2) is 34.4 Å². The molecular formula is C11H8ClF3N4O. The van der Waals surface area contributed by atoms with Crippen molar-refractivity contribution < 1.29 is 18.0 Å². The zero-order chi connectivity index (χ0) is 14.8. The second kappa shape index (κ2) is 5.58. The lowest BCUT2D eigenvalue weighted by Crippen LogP contribution is -2.10. The fourth-order valence-electron chi connectivity index (χ4n) is 1.50. The van der Waals surface area contributed by atoms with E-state index >= 15 is 0 Å². The highest BCUT2D eigenvalue weighted by Crippen LogP contribution is 2.28. The van der Waals surface area contributed by atoms with Crippen LogP contribution in [0.4, 0.5) is 13.2 Å². The lowest BCUT2D eigenvalue weighted by atomic mass is 10.4. The maximum absolute atomic E-state index is 12.5. The number of imidazole rings is 1. The van der Waals surface area contributed by atoms with Crippen LogP contribution in [0.25, 0.3) is 0 Å². The molecule has 0 radical (unpaired) electrons. The second-order valence-electron chi connectivity index (χ2n) is 3.83. The maximum Gasteiger partial charge on any atom is 0.434 e. The van der Waals surface area contributed by atoms with E-state index in [9.17, 15) is 18.0 Å². The lowest BCUT2D eigenvalue weighted by Gasteiger charge is -2.03. The minimum atomic E-state index is -4.61. The molecule has 1 aromatic heterocycles. The minimum absolute atomic E-state index is 0.0916. The first kappa shape index (κ1) is 14.4. The van der Waals surface area contributed by atoms with E-state index < -0.39 is 11.9 Å². The third-order valence-corrected chi connectivity index (χ3v) is 2.66. The van der Waals surface area contributed by atoms with Crippen molar-refractivity contribution in [3.05, 3.63) is 28.8 Å². The number of alkyl halides is 3. The number of halogens is 4. The summed E-state index contributed by atoms with van der Waals surface area (Å²) in [5.74, 6) is -0.0790.